The predicted octanol–water partition coefficient (Wildman–Crippen LogP) is 0.173. The molecule has 2 aliphatic heterocycles. The maximum Gasteiger partial charge on any atom is 0.323 e. The number of amides is 1. The van der Waals surface area contributed by atoms with Crippen molar-refractivity contribution in [3.63, 3.8) is 0 Å². The molecule has 19 heavy (non-hydrogen) atoms. The third-order valence-electron chi connectivity index (χ3n) is 3.74. The summed E-state index contributed by atoms with van der Waals surface area (Å²) in [5.41, 5.74) is -0.406. The van der Waals surface area contributed by atoms with E-state index in [2.05, 4.69) is 0 Å². The summed E-state index contributed by atoms with van der Waals surface area (Å²) < 4.78 is 5.53. The maximum absolute atomic E-state index is 12.1. The van der Waals surface area contributed by atoms with Crippen molar-refractivity contribution in [1.82, 2.24) is 9.80 Å². The number of rotatable bonds is 3. The zero-order valence-electron chi connectivity index (χ0n) is 11.6. The van der Waals surface area contributed by atoms with E-state index in [9.17, 15) is 14.7 Å². The van der Waals surface area contributed by atoms with Crippen LogP contribution in [0.4, 0.5) is 0 Å². The minimum atomic E-state index is -0.926. The van der Waals surface area contributed by atoms with Crippen LogP contribution in [-0.4, -0.2) is 71.2 Å². The minimum Gasteiger partial charge on any atom is -0.480 e. The van der Waals surface area contributed by atoms with Gasteiger partial charge in [-0.1, -0.05) is 0 Å². The Hall–Kier alpha value is -1.14. The number of carboxylic acid groups (broad SMARTS) is 1. The smallest absolute Gasteiger partial charge is 0.323 e. The van der Waals surface area contributed by atoms with E-state index >= 15 is 0 Å². The Balaban J connectivity index is 2.00. The van der Waals surface area contributed by atoms with E-state index < -0.39 is 17.6 Å². The number of carboxylic acids is 1. The number of carbonyl (C=O) groups is 2. The molecule has 0 aromatic rings. The van der Waals surface area contributed by atoms with Crippen LogP contribution in [0.5, 0.6) is 0 Å². The molecule has 6 heteroatoms. The molecule has 2 heterocycles. The van der Waals surface area contributed by atoms with Gasteiger partial charge in [-0.05, 0) is 26.7 Å². The number of ether oxygens (including phenoxy) is 1. The average molecular weight is 270 g/mol. The van der Waals surface area contributed by atoms with Crippen molar-refractivity contribution in [3.8, 4) is 0 Å². The summed E-state index contributed by atoms with van der Waals surface area (Å²) in [6.07, 6.45) is 2.09. The molecule has 2 rings (SSSR count). The summed E-state index contributed by atoms with van der Waals surface area (Å²) >= 11 is 0. The first-order valence-electron chi connectivity index (χ1n) is 6.78. The number of carbonyl (C=O) groups excluding carboxylic acids is 1. The van der Waals surface area contributed by atoms with Crippen LogP contribution in [0.25, 0.3) is 0 Å². The van der Waals surface area contributed by atoms with Gasteiger partial charge in [-0.2, -0.15) is 0 Å². The van der Waals surface area contributed by atoms with Crippen molar-refractivity contribution in [2.45, 2.75) is 38.3 Å². The Kier molecular flexibility index (Phi) is 4.10. The minimum absolute atomic E-state index is 0.0291. The molecule has 0 radical (unpaired) electrons. The Morgan fingerprint density at radius 1 is 1.32 bits per heavy atom. The predicted molar refractivity (Wildman–Crippen MR) is 68.8 cm³/mol. The van der Waals surface area contributed by atoms with Gasteiger partial charge in [-0.3, -0.25) is 14.5 Å². The second-order valence-electron chi connectivity index (χ2n) is 5.92. The van der Waals surface area contributed by atoms with Crippen LogP contribution in [0.2, 0.25) is 0 Å². The summed E-state index contributed by atoms with van der Waals surface area (Å²) in [7, 11) is 0. The zero-order valence-corrected chi connectivity index (χ0v) is 11.6. The third kappa shape index (κ3) is 3.45. The molecule has 0 aromatic carbocycles. The molecule has 1 N–H and O–H groups in total. The van der Waals surface area contributed by atoms with Gasteiger partial charge in [-0.15, -0.1) is 0 Å². The standard InChI is InChI=1S/C13H22N2O4/c1-13(2)9-15(10(8-19-13)12(17)18)7-11(16)14-5-3-4-6-14/h10H,3-9H2,1-2H3,(H,17,18)/t10-/m0/s1. The van der Waals surface area contributed by atoms with Gasteiger partial charge in [-0.25, -0.2) is 0 Å². The molecule has 2 fully saturated rings. The highest BCUT2D eigenvalue weighted by Gasteiger charge is 2.39. The van der Waals surface area contributed by atoms with Crippen molar-refractivity contribution in [2.75, 3.05) is 32.8 Å². The molecule has 0 unspecified atom stereocenters. The van der Waals surface area contributed by atoms with Gasteiger partial charge in [0.1, 0.15) is 6.04 Å². The van der Waals surface area contributed by atoms with Crippen molar-refractivity contribution < 1.29 is 19.4 Å². The van der Waals surface area contributed by atoms with Crippen LogP contribution in [0.15, 0.2) is 0 Å². The van der Waals surface area contributed by atoms with Crippen molar-refractivity contribution in [3.05, 3.63) is 0 Å². The Labute approximate surface area is 113 Å². The fourth-order valence-electron chi connectivity index (χ4n) is 2.69. The lowest BCUT2D eigenvalue weighted by Gasteiger charge is -2.41. The van der Waals surface area contributed by atoms with Crippen LogP contribution < -0.4 is 0 Å². The summed E-state index contributed by atoms with van der Waals surface area (Å²) in [6.45, 7) is 6.19. The molecular weight excluding hydrogens is 248 g/mol. The van der Waals surface area contributed by atoms with E-state index in [1.165, 1.54) is 0 Å². The van der Waals surface area contributed by atoms with Gasteiger partial charge in [0.15, 0.2) is 0 Å². The Morgan fingerprint density at radius 2 is 1.95 bits per heavy atom. The van der Waals surface area contributed by atoms with Gasteiger partial charge in [0.25, 0.3) is 0 Å². The van der Waals surface area contributed by atoms with Crippen LogP contribution in [0.1, 0.15) is 26.7 Å². The van der Waals surface area contributed by atoms with E-state index in [1.54, 1.807) is 4.90 Å². The fourth-order valence-corrected chi connectivity index (χ4v) is 2.69. The molecule has 2 aliphatic rings. The number of hydrogen-bond acceptors (Lipinski definition) is 4. The van der Waals surface area contributed by atoms with Gasteiger partial charge >= 0.3 is 5.97 Å². The molecule has 2 saturated heterocycles. The van der Waals surface area contributed by atoms with E-state index in [4.69, 9.17) is 4.74 Å². The molecule has 0 saturated carbocycles. The molecule has 1 atom stereocenters. The number of nitrogens with zero attached hydrogens (tertiary/aromatic N) is 2. The van der Waals surface area contributed by atoms with E-state index in [0.717, 1.165) is 25.9 Å². The molecule has 6 nitrogen and oxygen atoms in total. The van der Waals surface area contributed by atoms with Crippen LogP contribution in [0, 0.1) is 0 Å². The molecule has 0 aromatic heterocycles. The second-order valence-corrected chi connectivity index (χ2v) is 5.92. The first kappa shape index (κ1) is 14.3. The van der Waals surface area contributed by atoms with Gasteiger partial charge < -0.3 is 14.7 Å². The highest BCUT2D eigenvalue weighted by Crippen LogP contribution is 2.21. The Bertz CT molecular complexity index is 364. The van der Waals surface area contributed by atoms with Gasteiger partial charge in [0.05, 0.1) is 18.8 Å². The number of aliphatic carboxylic acids is 1. The highest BCUT2D eigenvalue weighted by atomic mass is 16.5. The number of likely N-dealkylation sites (tertiary alicyclic amines) is 1. The van der Waals surface area contributed by atoms with E-state index in [-0.39, 0.29) is 19.1 Å². The van der Waals surface area contributed by atoms with Gasteiger partial charge in [0, 0.05) is 19.6 Å². The lowest BCUT2D eigenvalue weighted by molar-refractivity contribution is -0.164. The average Bonchev–Trinajstić information content (AvgIpc) is 2.80. The first-order chi connectivity index (χ1) is 8.89. The second kappa shape index (κ2) is 5.46. The first-order valence-corrected chi connectivity index (χ1v) is 6.78. The fraction of sp³-hybridized carbons (Fsp3) is 0.846. The maximum atomic E-state index is 12.1. The summed E-state index contributed by atoms with van der Waals surface area (Å²) in [6, 6.07) is -0.723. The SMILES string of the molecule is CC1(C)CN(CC(=O)N2CCCC2)[C@H](C(=O)O)CO1. The van der Waals surface area contributed by atoms with Crippen molar-refractivity contribution in [1.29, 1.82) is 0 Å². The van der Waals surface area contributed by atoms with E-state index in [0.29, 0.717) is 6.54 Å². The molecule has 0 spiro atoms. The topological polar surface area (TPSA) is 70.1 Å². The molecule has 0 aliphatic carbocycles. The molecule has 108 valence electrons. The largest absolute Gasteiger partial charge is 0.480 e. The normalized spacial score (nSPS) is 27.5. The summed E-state index contributed by atoms with van der Waals surface area (Å²) in [5, 5.41) is 9.21. The van der Waals surface area contributed by atoms with Crippen LogP contribution >= 0.6 is 0 Å². The zero-order chi connectivity index (χ0) is 14.0. The monoisotopic (exact) mass is 270 g/mol. The van der Waals surface area contributed by atoms with Crippen LogP contribution in [-0.2, 0) is 14.3 Å². The molecule has 1 amide bonds. The number of hydrogen-bond donors (Lipinski definition) is 1. The van der Waals surface area contributed by atoms with Crippen LogP contribution in [0.3, 0.4) is 0 Å². The molecular formula is C13H22N2O4. The third-order valence-corrected chi connectivity index (χ3v) is 3.74. The summed E-state index contributed by atoms with van der Waals surface area (Å²) in [5.74, 6) is -0.897. The molecule has 0 bridgehead atoms. The van der Waals surface area contributed by atoms with E-state index in [1.807, 2.05) is 18.7 Å². The van der Waals surface area contributed by atoms with Gasteiger partial charge in [0.2, 0.25) is 5.91 Å². The van der Waals surface area contributed by atoms with Crippen molar-refractivity contribution in [2.24, 2.45) is 0 Å². The lowest BCUT2D eigenvalue weighted by atomic mass is 10.0. The Morgan fingerprint density at radius 3 is 2.53 bits per heavy atom. The lowest BCUT2D eigenvalue weighted by Crippen LogP contribution is -2.59. The summed E-state index contributed by atoms with van der Waals surface area (Å²) in [4.78, 5) is 26.9. The number of morpholine rings is 1. The quantitative estimate of drug-likeness (QED) is 0.792. The van der Waals surface area contributed by atoms with Crippen molar-refractivity contribution >= 4 is 11.9 Å². The highest BCUT2D eigenvalue weighted by molar-refractivity contribution is 5.80.